The standard InChI is InChI=1S/C21H20Cl2N2O4/c1-5-13(2)29-20-17(22)10-15(11-18(20)23)28-12-14-8-6-7-9-16(14)19(25-27-4)21(26)24-3/h1,6-11,13H,12H2,2-4H3,(H,24,26)/b25-19+. The van der Waals surface area contributed by atoms with E-state index in [9.17, 15) is 4.79 Å². The maximum Gasteiger partial charge on any atom is 0.273 e. The predicted octanol–water partition coefficient (Wildman–Crippen LogP) is 4.07. The van der Waals surface area contributed by atoms with Crippen molar-refractivity contribution in [1.29, 1.82) is 0 Å². The molecule has 2 aromatic carbocycles. The molecule has 1 N–H and O–H groups in total. The second-order valence-corrected chi connectivity index (χ2v) is 6.60. The highest BCUT2D eigenvalue weighted by Gasteiger charge is 2.18. The van der Waals surface area contributed by atoms with Gasteiger partial charge in [-0.25, -0.2) is 0 Å². The Morgan fingerprint density at radius 2 is 1.93 bits per heavy atom. The van der Waals surface area contributed by atoms with Crippen LogP contribution >= 0.6 is 23.2 Å². The van der Waals surface area contributed by atoms with E-state index >= 15 is 0 Å². The van der Waals surface area contributed by atoms with Crippen molar-refractivity contribution >= 4 is 34.8 Å². The lowest BCUT2D eigenvalue weighted by Gasteiger charge is -2.15. The number of benzene rings is 2. The van der Waals surface area contributed by atoms with Crippen molar-refractivity contribution in [3.63, 3.8) is 0 Å². The van der Waals surface area contributed by atoms with Crippen molar-refractivity contribution in [3.05, 3.63) is 57.6 Å². The number of rotatable bonds is 8. The van der Waals surface area contributed by atoms with Crippen LogP contribution in [0.2, 0.25) is 10.0 Å². The number of terminal acetylenes is 1. The maximum atomic E-state index is 12.1. The van der Waals surface area contributed by atoms with Gasteiger partial charge in [-0.05, 0) is 12.5 Å². The van der Waals surface area contributed by atoms with Crippen molar-refractivity contribution in [2.75, 3.05) is 14.2 Å². The van der Waals surface area contributed by atoms with Crippen LogP contribution in [0, 0.1) is 12.3 Å². The first-order chi connectivity index (χ1) is 13.9. The molecule has 6 nitrogen and oxygen atoms in total. The monoisotopic (exact) mass is 434 g/mol. The van der Waals surface area contributed by atoms with Gasteiger partial charge in [0.2, 0.25) is 0 Å². The number of likely N-dealkylation sites (N-methyl/N-ethyl adjacent to an activating group) is 1. The summed E-state index contributed by atoms with van der Waals surface area (Å²) in [6, 6.07) is 10.4. The Bertz CT molecular complexity index is 931. The molecule has 29 heavy (non-hydrogen) atoms. The summed E-state index contributed by atoms with van der Waals surface area (Å²) in [6.07, 6.45) is 4.84. The average molecular weight is 435 g/mol. The van der Waals surface area contributed by atoms with Crippen molar-refractivity contribution in [2.45, 2.75) is 19.6 Å². The van der Waals surface area contributed by atoms with Gasteiger partial charge in [0.05, 0.1) is 10.0 Å². The van der Waals surface area contributed by atoms with Crippen molar-refractivity contribution in [2.24, 2.45) is 5.16 Å². The first-order valence-electron chi connectivity index (χ1n) is 8.57. The van der Waals surface area contributed by atoms with Gasteiger partial charge >= 0.3 is 0 Å². The number of hydrogen-bond donors (Lipinski definition) is 1. The molecule has 0 aromatic heterocycles. The van der Waals surface area contributed by atoms with Gasteiger partial charge in [0.1, 0.15) is 19.5 Å². The summed E-state index contributed by atoms with van der Waals surface area (Å²) in [5, 5.41) is 6.91. The van der Waals surface area contributed by atoms with Gasteiger partial charge in [-0.1, -0.05) is 58.5 Å². The zero-order valence-corrected chi connectivity index (χ0v) is 17.7. The molecule has 8 heteroatoms. The van der Waals surface area contributed by atoms with Crippen LogP contribution in [0.1, 0.15) is 18.1 Å². The molecule has 1 amide bonds. The number of nitrogens with zero attached hydrogens (tertiary/aromatic N) is 1. The number of halogens is 2. The highest BCUT2D eigenvalue weighted by Crippen LogP contribution is 2.37. The van der Waals surface area contributed by atoms with Crippen LogP contribution in [0.3, 0.4) is 0 Å². The third kappa shape index (κ3) is 5.80. The molecule has 0 saturated carbocycles. The Kier molecular flexibility index (Phi) is 8.20. The number of nitrogens with one attached hydrogen (secondary N) is 1. The fraction of sp³-hybridized carbons (Fsp3) is 0.238. The second kappa shape index (κ2) is 10.6. The van der Waals surface area contributed by atoms with Gasteiger partial charge in [-0.2, -0.15) is 0 Å². The second-order valence-electron chi connectivity index (χ2n) is 5.79. The third-order valence-electron chi connectivity index (χ3n) is 3.79. The van der Waals surface area contributed by atoms with Crippen LogP contribution in [0.15, 0.2) is 41.6 Å². The third-order valence-corrected chi connectivity index (χ3v) is 4.35. The first-order valence-corrected chi connectivity index (χ1v) is 9.33. The highest BCUT2D eigenvalue weighted by atomic mass is 35.5. The number of carbonyl (C=O) groups excluding carboxylic acids is 1. The highest BCUT2D eigenvalue weighted by molar-refractivity contribution is 6.45. The summed E-state index contributed by atoms with van der Waals surface area (Å²) in [6.45, 7) is 1.85. The Morgan fingerprint density at radius 1 is 1.28 bits per heavy atom. The Morgan fingerprint density at radius 3 is 2.52 bits per heavy atom. The quantitative estimate of drug-likeness (QED) is 0.386. The first kappa shape index (κ1) is 22.4. The molecule has 2 rings (SSSR count). The van der Waals surface area contributed by atoms with Crippen LogP contribution in [-0.4, -0.2) is 31.9 Å². The van der Waals surface area contributed by atoms with Gasteiger partial charge in [-0.3, -0.25) is 4.79 Å². The van der Waals surface area contributed by atoms with E-state index < -0.39 is 6.10 Å². The number of carbonyl (C=O) groups is 1. The normalized spacial score (nSPS) is 11.9. The van der Waals surface area contributed by atoms with Crippen molar-refractivity contribution < 1.29 is 19.1 Å². The summed E-state index contributed by atoms with van der Waals surface area (Å²) < 4.78 is 11.4. The van der Waals surface area contributed by atoms with Crippen LogP contribution in [0.5, 0.6) is 11.5 Å². The summed E-state index contributed by atoms with van der Waals surface area (Å²) in [5.41, 5.74) is 1.44. The van der Waals surface area contributed by atoms with E-state index in [0.717, 1.165) is 5.56 Å². The van der Waals surface area contributed by atoms with Gasteiger partial charge in [0.25, 0.3) is 5.91 Å². The molecule has 0 aliphatic heterocycles. The molecule has 0 spiro atoms. The maximum absolute atomic E-state index is 12.1. The molecular formula is C21H20Cl2N2O4. The zero-order chi connectivity index (χ0) is 21.4. The lowest BCUT2D eigenvalue weighted by atomic mass is 10.0. The van der Waals surface area contributed by atoms with Gasteiger partial charge in [0, 0.05) is 24.7 Å². The largest absolute Gasteiger partial charge is 0.489 e. The molecule has 0 aliphatic carbocycles. The van der Waals surface area contributed by atoms with E-state index in [-0.39, 0.29) is 28.3 Å². The minimum atomic E-state index is -0.480. The predicted molar refractivity (Wildman–Crippen MR) is 114 cm³/mol. The fourth-order valence-corrected chi connectivity index (χ4v) is 2.96. The van der Waals surface area contributed by atoms with Gasteiger partial charge in [-0.15, -0.1) is 6.42 Å². The summed E-state index contributed by atoms with van der Waals surface area (Å²) in [7, 11) is 2.89. The molecule has 152 valence electrons. The topological polar surface area (TPSA) is 69.1 Å². The van der Waals surface area contributed by atoms with Crippen LogP contribution in [-0.2, 0) is 16.2 Å². The van der Waals surface area contributed by atoms with Crippen LogP contribution in [0.4, 0.5) is 0 Å². The lowest BCUT2D eigenvalue weighted by Crippen LogP contribution is -2.29. The minimum Gasteiger partial charge on any atom is -0.489 e. The van der Waals surface area contributed by atoms with Crippen molar-refractivity contribution in [1.82, 2.24) is 5.32 Å². The lowest BCUT2D eigenvalue weighted by molar-refractivity contribution is -0.114. The van der Waals surface area contributed by atoms with E-state index in [4.69, 9.17) is 43.9 Å². The Balaban J connectivity index is 2.26. The molecule has 0 heterocycles. The van der Waals surface area contributed by atoms with E-state index in [1.54, 1.807) is 31.2 Å². The SMILES string of the molecule is C#CC(C)Oc1c(Cl)cc(OCc2ccccc2/C(=N\OC)C(=O)NC)cc1Cl. The molecule has 2 aromatic rings. The van der Waals surface area contributed by atoms with Crippen LogP contribution < -0.4 is 14.8 Å². The molecular weight excluding hydrogens is 415 g/mol. The minimum absolute atomic E-state index is 0.136. The fourth-order valence-electron chi connectivity index (χ4n) is 2.40. The van der Waals surface area contributed by atoms with Gasteiger partial charge in [0.15, 0.2) is 17.6 Å². The zero-order valence-electron chi connectivity index (χ0n) is 16.2. The molecule has 0 saturated heterocycles. The average Bonchev–Trinajstić information content (AvgIpc) is 2.72. The smallest absolute Gasteiger partial charge is 0.273 e. The molecule has 1 unspecified atom stereocenters. The Hall–Kier alpha value is -2.88. The van der Waals surface area contributed by atoms with E-state index in [2.05, 4.69) is 16.4 Å². The number of amides is 1. The molecule has 0 radical (unpaired) electrons. The number of hydrogen-bond acceptors (Lipinski definition) is 5. The summed E-state index contributed by atoms with van der Waals surface area (Å²) in [4.78, 5) is 17.0. The Labute approximate surface area is 179 Å². The van der Waals surface area contributed by atoms with E-state index in [0.29, 0.717) is 17.1 Å². The summed E-state index contributed by atoms with van der Waals surface area (Å²) >= 11 is 12.5. The van der Waals surface area contributed by atoms with Crippen molar-refractivity contribution in [3.8, 4) is 23.8 Å². The van der Waals surface area contributed by atoms with Crippen LogP contribution in [0.25, 0.3) is 0 Å². The summed E-state index contributed by atoms with van der Waals surface area (Å²) in [5.74, 6) is 2.79. The van der Waals surface area contributed by atoms with E-state index in [1.807, 2.05) is 12.1 Å². The van der Waals surface area contributed by atoms with E-state index in [1.165, 1.54) is 14.2 Å². The van der Waals surface area contributed by atoms with Gasteiger partial charge < -0.3 is 19.6 Å². The molecule has 0 fully saturated rings. The molecule has 0 bridgehead atoms. The molecule has 1 atom stereocenters. The molecule has 0 aliphatic rings. The number of oxime groups is 1. The number of ether oxygens (including phenoxy) is 2.